The average Bonchev–Trinajstić information content (AvgIpc) is 1.93. The SMILES string of the molecule is CC(C)OP1OCC(C)(C)CO1. The Hall–Kier alpha value is 0.310. The van der Waals surface area contributed by atoms with Crippen molar-refractivity contribution >= 4 is 8.60 Å². The van der Waals surface area contributed by atoms with Crippen LogP contribution in [0.5, 0.6) is 0 Å². The van der Waals surface area contributed by atoms with Gasteiger partial charge in [0.2, 0.25) is 0 Å². The van der Waals surface area contributed by atoms with Gasteiger partial charge in [-0.05, 0) is 13.8 Å². The molecule has 0 aromatic carbocycles. The van der Waals surface area contributed by atoms with Gasteiger partial charge >= 0.3 is 8.60 Å². The largest absolute Gasteiger partial charge is 0.332 e. The maximum atomic E-state index is 5.42. The summed E-state index contributed by atoms with van der Waals surface area (Å²) in [6, 6.07) is 0. The minimum Gasteiger partial charge on any atom is -0.312 e. The minimum atomic E-state index is -1.07. The van der Waals surface area contributed by atoms with Crippen LogP contribution >= 0.6 is 8.60 Å². The molecule has 0 saturated carbocycles. The summed E-state index contributed by atoms with van der Waals surface area (Å²) in [5, 5.41) is 0. The molecular weight excluding hydrogens is 175 g/mol. The van der Waals surface area contributed by atoms with Crippen LogP contribution in [0.4, 0.5) is 0 Å². The van der Waals surface area contributed by atoms with E-state index in [1.54, 1.807) is 0 Å². The van der Waals surface area contributed by atoms with Crippen molar-refractivity contribution in [1.29, 1.82) is 0 Å². The molecular formula is C8H17O3P. The molecule has 1 rings (SSSR count). The molecule has 0 amide bonds. The van der Waals surface area contributed by atoms with Crippen molar-refractivity contribution in [1.82, 2.24) is 0 Å². The average molecular weight is 192 g/mol. The molecule has 0 N–H and O–H groups in total. The fraction of sp³-hybridized carbons (Fsp3) is 1.00. The monoisotopic (exact) mass is 192 g/mol. The molecule has 0 aromatic heterocycles. The Kier molecular flexibility index (Phi) is 3.47. The summed E-state index contributed by atoms with van der Waals surface area (Å²) in [6.07, 6.45) is 0.178. The lowest BCUT2D eigenvalue weighted by molar-refractivity contribution is 0.0200. The quantitative estimate of drug-likeness (QED) is 0.629. The van der Waals surface area contributed by atoms with E-state index >= 15 is 0 Å². The second-order valence-corrected chi connectivity index (χ2v) is 5.26. The molecule has 3 nitrogen and oxygen atoms in total. The van der Waals surface area contributed by atoms with Gasteiger partial charge in [-0.3, -0.25) is 0 Å². The Labute approximate surface area is 75.4 Å². The van der Waals surface area contributed by atoms with E-state index in [0.717, 1.165) is 13.2 Å². The third kappa shape index (κ3) is 3.36. The molecule has 0 radical (unpaired) electrons. The Bertz CT molecular complexity index is 137. The van der Waals surface area contributed by atoms with E-state index < -0.39 is 8.60 Å². The third-order valence-electron chi connectivity index (χ3n) is 1.42. The first-order chi connectivity index (χ1) is 5.49. The van der Waals surface area contributed by atoms with Gasteiger partial charge in [-0.1, -0.05) is 13.8 Å². The fourth-order valence-corrected chi connectivity index (χ4v) is 2.22. The van der Waals surface area contributed by atoms with Gasteiger partial charge in [0.1, 0.15) is 0 Å². The Morgan fingerprint density at radius 1 is 1.25 bits per heavy atom. The highest BCUT2D eigenvalue weighted by Gasteiger charge is 2.30. The zero-order valence-electron chi connectivity index (χ0n) is 8.16. The van der Waals surface area contributed by atoms with Crippen LogP contribution in [0.1, 0.15) is 27.7 Å². The normalized spacial score (nSPS) is 24.8. The van der Waals surface area contributed by atoms with E-state index in [4.69, 9.17) is 13.6 Å². The molecule has 1 saturated heterocycles. The molecule has 4 heteroatoms. The molecule has 1 aliphatic heterocycles. The predicted molar refractivity (Wildman–Crippen MR) is 48.8 cm³/mol. The third-order valence-corrected chi connectivity index (χ3v) is 2.69. The van der Waals surface area contributed by atoms with Crippen LogP contribution in [0, 0.1) is 5.41 Å². The second-order valence-electron chi connectivity index (χ2n) is 4.09. The molecule has 1 fully saturated rings. The van der Waals surface area contributed by atoms with Crippen molar-refractivity contribution < 1.29 is 13.6 Å². The maximum Gasteiger partial charge on any atom is 0.332 e. The van der Waals surface area contributed by atoms with Crippen LogP contribution in [-0.4, -0.2) is 19.3 Å². The van der Waals surface area contributed by atoms with E-state index in [0.29, 0.717) is 0 Å². The summed E-state index contributed by atoms with van der Waals surface area (Å²) < 4.78 is 16.3. The summed E-state index contributed by atoms with van der Waals surface area (Å²) in [4.78, 5) is 0. The van der Waals surface area contributed by atoms with E-state index in [1.165, 1.54) is 0 Å². The summed E-state index contributed by atoms with van der Waals surface area (Å²) in [5.41, 5.74) is 0.138. The maximum absolute atomic E-state index is 5.42. The summed E-state index contributed by atoms with van der Waals surface area (Å²) in [6.45, 7) is 9.66. The van der Waals surface area contributed by atoms with E-state index in [-0.39, 0.29) is 11.5 Å². The molecule has 0 bridgehead atoms. The van der Waals surface area contributed by atoms with Gasteiger partial charge in [0, 0.05) is 5.41 Å². The van der Waals surface area contributed by atoms with E-state index in [9.17, 15) is 0 Å². The lowest BCUT2D eigenvalue weighted by Gasteiger charge is -2.33. The van der Waals surface area contributed by atoms with Crippen molar-refractivity contribution in [2.75, 3.05) is 13.2 Å². The van der Waals surface area contributed by atoms with Crippen LogP contribution in [0.3, 0.4) is 0 Å². The van der Waals surface area contributed by atoms with Gasteiger partial charge in [0.05, 0.1) is 19.3 Å². The van der Waals surface area contributed by atoms with Gasteiger partial charge in [-0.25, -0.2) is 0 Å². The van der Waals surface area contributed by atoms with Gasteiger partial charge < -0.3 is 13.6 Å². The lowest BCUT2D eigenvalue weighted by atomic mass is 9.97. The molecule has 12 heavy (non-hydrogen) atoms. The molecule has 0 aliphatic carbocycles. The smallest absolute Gasteiger partial charge is 0.312 e. The highest BCUT2D eigenvalue weighted by molar-refractivity contribution is 7.41. The lowest BCUT2D eigenvalue weighted by Crippen LogP contribution is -2.28. The molecule has 0 atom stereocenters. The highest BCUT2D eigenvalue weighted by atomic mass is 31.2. The van der Waals surface area contributed by atoms with Gasteiger partial charge in [0.25, 0.3) is 0 Å². The van der Waals surface area contributed by atoms with Crippen molar-refractivity contribution in [3.05, 3.63) is 0 Å². The van der Waals surface area contributed by atoms with Gasteiger partial charge in [-0.15, -0.1) is 0 Å². The van der Waals surface area contributed by atoms with Crippen LogP contribution in [0.25, 0.3) is 0 Å². The number of hydrogen-bond acceptors (Lipinski definition) is 3. The Balaban J connectivity index is 2.27. The molecule has 0 aromatic rings. The molecule has 1 heterocycles. The second kappa shape index (κ2) is 4.01. The Morgan fingerprint density at radius 2 is 1.75 bits per heavy atom. The molecule has 72 valence electrons. The van der Waals surface area contributed by atoms with Gasteiger partial charge in [-0.2, -0.15) is 0 Å². The zero-order chi connectivity index (χ0) is 9.19. The first-order valence-corrected chi connectivity index (χ1v) is 5.32. The minimum absolute atomic E-state index is 0.138. The van der Waals surface area contributed by atoms with Crippen LogP contribution < -0.4 is 0 Å². The van der Waals surface area contributed by atoms with Crippen molar-refractivity contribution in [2.24, 2.45) is 5.41 Å². The fourth-order valence-electron chi connectivity index (χ4n) is 0.767. The standard InChI is InChI=1S/C8H17O3P/c1-7(2)11-12-9-5-8(3,4)6-10-12/h7H,5-6H2,1-4H3. The summed E-state index contributed by atoms with van der Waals surface area (Å²) >= 11 is 0. The molecule has 1 aliphatic rings. The number of rotatable bonds is 2. The highest BCUT2D eigenvalue weighted by Crippen LogP contribution is 2.47. The molecule has 0 spiro atoms. The zero-order valence-corrected chi connectivity index (χ0v) is 9.06. The van der Waals surface area contributed by atoms with Crippen LogP contribution in [-0.2, 0) is 13.6 Å². The van der Waals surface area contributed by atoms with E-state index in [1.807, 2.05) is 13.8 Å². The first kappa shape index (κ1) is 10.4. The predicted octanol–water partition coefficient (Wildman–Crippen LogP) is 2.71. The van der Waals surface area contributed by atoms with Gasteiger partial charge in [0.15, 0.2) is 0 Å². The van der Waals surface area contributed by atoms with Crippen molar-refractivity contribution in [2.45, 2.75) is 33.8 Å². The topological polar surface area (TPSA) is 27.7 Å². The summed E-state index contributed by atoms with van der Waals surface area (Å²) in [7, 11) is -1.07. The van der Waals surface area contributed by atoms with Crippen molar-refractivity contribution in [3.8, 4) is 0 Å². The van der Waals surface area contributed by atoms with E-state index in [2.05, 4.69) is 13.8 Å². The summed E-state index contributed by atoms with van der Waals surface area (Å²) in [5.74, 6) is 0. The Morgan fingerprint density at radius 3 is 2.17 bits per heavy atom. The molecule has 0 unspecified atom stereocenters. The van der Waals surface area contributed by atoms with Crippen LogP contribution in [0.2, 0.25) is 0 Å². The number of hydrogen-bond donors (Lipinski definition) is 0. The van der Waals surface area contributed by atoms with Crippen molar-refractivity contribution in [3.63, 3.8) is 0 Å². The first-order valence-electron chi connectivity index (χ1n) is 4.22. The van der Waals surface area contributed by atoms with Crippen LogP contribution in [0.15, 0.2) is 0 Å².